The quantitative estimate of drug-likeness (QED) is 0.803. The van der Waals surface area contributed by atoms with Crippen LogP contribution in [0.25, 0.3) is 0 Å². The minimum atomic E-state index is 0.724. The molecule has 88 valence electrons. The van der Waals surface area contributed by atoms with Crippen LogP contribution in [0.4, 0.5) is 5.69 Å². The molecule has 0 spiro atoms. The highest BCUT2D eigenvalue weighted by molar-refractivity contribution is 6.30. The zero-order chi connectivity index (χ0) is 11.5. The van der Waals surface area contributed by atoms with E-state index in [0.29, 0.717) is 0 Å². The van der Waals surface area contributed by atoms with Gasteiger partial charge >= 0.3 is 0 Å². The lowest BCUT2D eigenvalue weighted by molar-refractivity contribution is 0.209. The normalized spacial score (nSPS) is 22.2. The molecule has 1 aromatic rings. The fourth-order valence-electron chi connectivity index (χ4n) is 2.50. The third-order valence-electron chi connectivity index (χ3n) is 3.34. The lowest BCUT2D eigenvalue weighted by atomic mass is 9.91. The van der Waals surface area contributed by atoms with Crippen LogP contribution in [-0.4, -0.2) is 25.0 Å². The standard InChI is InChI=1S/C13H19ClN2/c1-16-6-2-3-10(9-16)7-11-4-5-12(14)8-13(11)15/h4-5,8,10H,2-3,6-7,9,15H2,1H3. The van der Waals surface area contributed by atoms with Gasteiger partial charge in [-0.05, 0) is 56.5 Å². The number of piperidine rings is 1. The molecule has 0 amide bonds. The van der Waals surface area contributed by atoms with E-state index in [1.54, 1.807) is 0 Å². The number of anilines is 1. The summed E-state index contributed by atoms with van der Waals surface area (Å²) in [6.07, 6.45) is 3.69. The number of benzene rings is 1. The number of halogens is 1. The monoisotopic (exact) mass is 238 g/mol. The molecule has 1 aliphatic rings. The van der Waals surface area contributed by atoms with Crippen LogP contribution < -0.4 is 5.73 Å². The fraction of sp³-hybridized carbons (Fsp3) is 0.538. The molecule has 0 saturated carbocycles. The Hall–Kier alpha value is -0.730. The van der Waals surface area contributed by atoms with E-state index in [-0.39, 0.29) is 0 Å². The summed E-state index contributed by atoms with van der Waals surface area (Å²) < 4.78 is 0. The summed E-state index contributed by atoms with van der Waals surface area (Å²) in [4.78, 5) is 2.40. The fourth-order valence-corrected chi connectivity index (χ4v) is 2.68. The molecule has 2 nitrogen and oxygen atoms in total. The zero-order valence-corrected chi connectivity index (χ0v) is 10.5. The average molecular weight is 239 g/mol. The number of hydrogen-bond acceptors (Lipinski definition) is 2. The van der Waals surface area contributed by atoms with Gasteiger partial charge in [0.25, 0.3) is 0 Å². The van der Waals surface area contributed by atoms with Crippen molar-refractivity contribution in [3.8, 4) is 0 Å². The van der Waals surface area contributed by atoms with Gasteiger partial charge in [-0.1, -0.05) is 17.7 Å². The summed E-state index contributed by atoms with van der Waals surface area (Å²) in [5, 5.41) is 0.724. The van der Waals surface area contributed by atoms with Crippen LogP contribution in [0.1, 0.15) is 18.4 Å². The molecular weight excluding hydrogens is 220 g/mol. The molecule has 2 rings (SSSR count). The predicted octanol–water partition coefficient (Wildman–Crippen LogP) is 2.81. The molecule has 1 aromatic carbocycles. The first kappa shape index (κ1) is 11.7. The van der Waals surface area contributed by atoms with Crippen LogP contribution >= 0.6 is 11.6 Å². The number of nitrogen functional groups attached to an aromatic ring is 1. The minimum Gasteiger partial charge on any atom is -0.398 e. The molecular formula is C13H19ClN2. The molecule has 0 bridgehead atoms. The second-order valence-electron chi connectivity index (χ2n) is 4.82. The zero-order valence-electron chi connectivity index (χ0n) is 9.75. The molecule has 16 heavy (non-hydrogen) atoms. The lowest BCUT2D eigenvalue weighted by Crippen LogP contribution is -2.33. The summed E-state index contributed by atoms with van der Waals surface area (Å²) in [6.45, 7) is 2.41. The maximum absolute atomic E-state index is 5.98. The van der Waals surface area contributed by atoms with Crippen LogP contribution in [0, 0.1) is 5.92 Å². The Morgan fingerprint density at radius 3 is 3.00 bits per heavy atom. The van der Waals surface area contributed by atoms with Gasteiger partial charge in [0.15, 0.2) is 0 Å². The van der Waals surface area contributed by atoms with Gasteiger partial charge in [0.2, 0.25) is 0 Å². The first-order valence-electron chi connectivity index (χ1n) is 5.87. The molecule has 0 aliphatic carbocycles. The maximum atomic E-state index is 5.98. The van der Waals surface area contributed by atoms with E-state index in [9.17, 15) is 0 Å². The van der Waals surface area contributed by atoms with E-state index in [2.05, 4.69) is 18.0 Å². The van der Waals surface area contributed by atoms with Crippen molar-refractivity contribution in [2.75, 3.05) is 25.9 Å². The number of nitrogens with zero attached hydrogens (tertiary/aromatic N) is 1. The summed E-state index contributed by atoms with van der Waals surface area (Å²) in [7, 11) is 2.19. The molecule has 0 aromatic heterocycles. The minimum absolute atomic E-state index is 0.724. The van der Waals surface area contributed by atoms with Crippen molar-refractivity contribution in [1.82, 2.24) is 4.90 Å². The van der Waals surface area contributed by atoms with Crippen molar-refractivity contribution in [2.24, 2.45) is 5.92 Å². The van der Waals surface area contributed by atoms with Gasteiger partial charge in [0.05, 0.1) is 0 Å². The van der Waals surface area contributed by atoms with E-state index in [0.717, 1.165) is 23.0 Å². The Morgan fingerprint density at radius 2 is 2.31 bits per heavy atom. The molecule has 0 radical (unpaired) electrons. The molecule has 1 atom stereocenters. The van der Waals surface area contributed by atoms with Gasteiger partial charge in [-0.3, -0.25) is 0 Å². The van der Waals surface area contributed by atoms with Crippen molar-refractivity contribution in [3.63, 3.8) is 0 Å². The number of hydrogen-bond donors (Lipinski definition) is 1. The molecule has 1 unspecified atom stereocenters. The van der Waals surface area contributed by atoms with E-state index in [1.165, 1.54) is 31.5 Å². The van der Waals surface area contributed by atoms with Crippen molar-refractivity contribution in [2.45, 2.75) is 19.3 Å². The molecule has 3 heteroatoms. The first-order valence-corrected chi connectivity index (χ1v) is 6.25. The SMILES string of the molecule is CN1CCCC(Cc2ccc(Cl)cc2N)C1. The van der Waals surface area contributed by atoms with E-state index < -0.39 is 0 Å². The van der Waals surface area contributed by atoms with Crippen LogP contribution in [0.15, 0.2) is 18.2 Å². The Bertz CT molecular complexity index is 365. The third-order valence-corrected chi connectivity index (χ3v) is 3.57. The van der Waals surface area contributed by atoms with Gasteiger partial charge < -0.3 is 10.6 Å². The van der Waals surface area contributed by atoms with Crippen molar-refractivity contribution in [3.05, 3.63) is 28.8 Å². The van der Waals surface area contributed by atoms with E-state index in [1.807, 2.05) is 12.1 Å². The average Bonchev–Trinajstić information content (AvgIpc) is 2.22. The largest absolute Gasteiger partial charge is 0.398 e. The molecule has 1 aliphatic heterocycles. The second-order valence-corrected chi connectivity index (χ2v) is 5.25. The third kappa shape index (κ3) is 2.89. The van der Waals surface area contributed by atoms with Gasteiger partial charge in [-0.25, -0.2) is 0 Å². The maximum Gasteiger partial charge on any atom is 0.0426 e. The summed E-state index contributed by atoms with van der Waals surface area (Å²) >= 11 is 5.89. The lowest BCUT2D eigenvalue weighted by Gasteiger charge is -2.30. The van der Waals surface area contributed by atoms with Crippen molar-refractivity contribution >= 4 is 17.3 Å². The molecule has 2 N–H and O–H groups in total. The molecule has 1 fully saturated rings. The Morgan fingerprint density at radius 1 is 1.50 bits per heavy atom. The number of likely N-dealkylation sites (tertiary alicyclic amines) is 1. The van der Waals surface area contributed by atoms with Crippen LogP contribution in [0.2, 0.25) is 5.02 Å². The number of nitrogens with two attached hydrogens (primary N) is 1. The van der Waals surface area contributed by atoms with E-state index >= 15 is 0 Å². The smallest absolute Gasteiger partial charge is 0.0426 e. The van der Waals surface area contributed by atoms with Crippen molar-refractivity contribution in [1.29, 1.82) is 0 Å². The molecule has 1 saturated heterocycles. The molecule has 1 heterocycles. The van der Waals surface area contributed by atoms with Crippen LogP contribution in [0.5, 0.6) is 0 Å². The highest BCUT2D eigenvalue weighted by atomic mass is 35.5. The predicted molar refractivity (Wildman–Crippen MR) is 69.8 cm³/mol. The second kappa shape index (κ2) is 5.07. The summed E-state index contributed by atoms with van der Waals surface area (Å²) in [5.41, 5.74) is 8.05. The Kier molecular flexibility index (Phi) is 3.72. The number of rotatable bonds is 2. The van der Waals surface area contributed by atoms with Crippen molar-refractivity contribution < 1.29 is 0 Å². The summed E-state index contributed by atoms with van der Waals surface area (Å²) in [6, 6.07) is 5.84. The highest BCUT2D eigenvalue weighted by Crippen LogP contribution is 2.24. The van der Waals surface area contributed by atoms with Gasteiger partial charge in [-0.15, -0.1) is 0 Å². The van der Waals surface area contributed by atoms with Gasteiger partial charge in [0, 0.05) is 17.3 Å². The summed E-state index contributed by atoms with van der Waals surface area (Å²) in [5.74, 6) is 0.738. The van der Waals surface area contributed by atoms with Crippen LogP contribution in [-0.2, 0) is 6.42 Å². The van der Waals surface area contributed by atoms with Gasteiger partial charge in [0.1, 0.15) is 0 Å². The van der Waals surface area contributed by atoms with Gasteiger partial charge in [-0.2, -0.15) is 0 Å². The topological polar surface area (TPSA) is 29.3 Å². The Balaban J connectivity index is 2.02. The Labute approximate surface area is 102 Å². The highest BCUT2D eigenvalue weighted by Gasteiger charge is 2.18. The van der Waals surface area contributed by atoms with Crippen LogP contribution in [0.3, 0.4) is 0 Å². The first-order chi connectivity index (χ1) is 7.65. The van der Waals surface area contributed by atoms with E-state index in [4.69, 9.17) is 17.3 Å².